The van der Waals surface area contributed by atoms with Crippen molar-refractivity contribution in [3.63, 3.8) is 0 Å². The zero-order valence-electron chi connectivity index (χ0n) is 12.0. The van der Waals surface area contributed by atoms with Gasteiger partial charge in [0.1, 0.15) is 11.5 Å². The summed E-state index contributed by atoms with van der Waals surface area (Å²) in [6.45, 7) is 0.977. The average Bonchev–Trinajstić information content (AvgIpc) is 2.46. The SMILES string of the molecule is COCCC(=O)NCCc1cc(OC)c(Br)cc1OC. The molecule has 0 unspecified atom stereocenters. The Labute approximate surface area is 127 Å². The van der Waals surface area contributed by atoms with Crippen LogP contribution >= 0.6 is 15.9 Å². The molecule has 0 spiro atoms. The molecule has 0 aliphatic rings. The zero-order valence-corrected chi connectivity index (χ0v) is 13.6. The van der Waals surface area contributed by atoms with Crippen LogP contribution in [0.1, 0.15) is 12.0 Å². The average molecular weight is 346 g/mol. The van der Waals surface area contributed by atoms with E-state index >= 15 is 0 Å². The summed E-state index contributed by atoms with van der Waals surface area (Å²) >= 11 is 3.41. The summed E-state index contributed by atoms with van der Waals surface area (Å²) in [4.78, 5) is 11.5. The predicted octanol–water partition coefficient (Wildman–Crippen LogP) is 2.16. The van der Waals surface area contributed by atoms with Crippen molar-refractivity contribution in [1.29, 1.82) is 0 Å². The van der Waals surface area contributed by atoms with Crippen LogP contribution in [0.5, 0.6) is 11.5 Å². The van der Waals surface area contributed by atoms with Crippen LogP contribution in [0, 0.1) is 0 Å². The number of hydrogen-bond donors (Lipinski definition) is 1. The summed E-state index contributed by atoms with van der Waals surface area (Å²) < 4.78 is 16.3. The summed E-state index contributed by atoms with van der Waals surface area (Å²) in [5.74, 6) is 1.49. The van der Waals surface area contributed by atoms with Crippen LogP contribution in [0.3, 0.4) is 0 Å². The lowest BCUT2D eigenvalue weighted by Crippen LogP contribution is -2.26. The minimum Gasteiger partial charge on any atom is -0.496 e. The first-order valence-corrected chi connectivity index (χ1v) is 7.07. The molecule has 0 atom stereocenters. The largest absolute Gasteiger partial charge is 0.496 e. The molecule has 1 aromatic rings. The second kappa shape index (κ2) is 8.81. The minimum atomic E-state index is -0.0186. The lowest BCUT2D eigenvalue weighted by atomic mass is 10.1. The highest BCUT2D eigenvalue weighted by Gasteiger charge is 2.10. The van der Waals surface area contributed by atoms with Crippen LogP contribution < -0.4 is 14.8 Å². The van der Waals surface area contributed by atoms with E-state index in [1.807, 2.05) is 12.1 Å². The van der Waals surface area contributed by atoms with Crippen LogP contribution in [0.25, 0.3) is 0 Å². The Hall–Kier alpha value is -1.27. The Bertz CT molecular complexity index is 451. The van der Waals surface area contributed by atoms with Crippen LogP contribution in [0.15, 0.2) is 16.6 Å². The lowest BCUT2D eigenvalue weighted by Gasteiger charge is -2.12. The number of rotatable bonds is 8. The van der Waals surface area contributed by atoms with Gasteiger partial charge in [-0.25, -0.2) is 0 Å². The van der Waals surface area contributed by atoms with Crippen LogP contribution in [0.2, 0.25) is 0 Å². The molecule has 0 saturated carbocycles. The Kier molecular flexibility index (Phi) is 7.40. The van der Waals surface area contributed by atoms with Gasteiger partial charge in [-0.1, -0.05) is 0 Å². The molecule has 0 bridgehead atoms. The van der Waals surface area contributed by atoms with Crippen molar-refractivity contribution >= 4 is 21.8 Å². The third-order valence-corrected chi connectivity index (χ3v) is 3.42. The normalized spacial score (nSPS) is 10.2. The molecular formula is C14H20BrNO4. The number of benzene rings is 1. The number of nitrogens with one attached hydrogen (secondary N) is 1. The van der Waals surface area contributed by atoms with Crippen LogP contribution in [-0.4, -0.2) is 40.4 Å². The fourth-order valence-electron chi connectivity index (χ4n) is 1.74. The van der Waals surface area contributed by atoms with E-state index in [4.69, 9.17) is 14.2 Å². The molecule has 1 N–H and O–H groups in total. The molecule has 20 heavy (non-hydrogen) atoms. The predicted molar refractivity (Wildman–Crippen MR) is 80.5 cm³/mol. The Balaban J connectivity index is 2.60. The maximum absolute atomic E-state index is 11.5. The molecule has 0 heterocycles. The third-order valence-electron chi connectivity index (χ3n) is 2.80. The van der Waals surface area contributed by atoms with Crippen molar-refractivity contribution in [2.24, 2.45) is 0 Å². The van der Waals surface area contributed by atoms with Gasteiger partial charge in [-0.3, -0.25) is 4.79 Å². The molecule has 0 saturated heterocycles. The van der Waals surface area contributed by atoms with Gasteiger partial charge in [0.15, 0.2) is 0 Å². The Morgan fingerprint density at radius 1 is 1.20 bits per heavy atom. The van der Waals surface area contributed by atoms with Crippen molar-refractivity contribution in [2.75, 3.05) is 34.5 Å². The van der Waals surface area contributed by atoms with Gasteiger partial charge in [-0.2, -0.15) is 0 Å². The summed E-state index contributed by atoms with van der Waals surface area (Å²) in [6, 6.07) is 3.77. The topological polar surface area (TPSA) is 56.8 Å². The fraction of sp³-hybridized carbons (Fsp3) is 0.500. The molecule has 1 aromatic carbocycles. The molecule has 0 aromatic heterocycles. The molecule has 1 rings (SSSR count). The van der Waals surface area contributed by atoms with Gasteiger partial charge in [-0.15, -0.1) is 0 Å². The number of carbonyl (C=O) groups is 1. The fourth-order valence-corrected chi connectivity index (χ4v) is 2.22. The Morgan fingerprint density at radius 3 is 2.50 bits per heavy atom. The highest BCUT2D eigenvalue weighted by Crippen LogP contribution is 2.32. The maximum atomic E-state index is 11.5. The van der Waals surface area contributed by atoms with Gasteiger partial charge in [0, 0.05) is 20.1 Å². The molecule has 6 heteroatoms. The molecule has 0 radical (unpaired) electrons. The van der Waals surface area contributed by atoms with E-state index in [-0.39, 0.29) is 5.91 Å². The van der Waals surface area contributed by atoms with Crippen LogP contribution in [0.4, 0.5) is 0 Å². The van der Waals surface area contributed by atoms with E-state index in [0.29, 0.717) is 26.0 Å². The number of hydrogen-bond acceptors (Lipinski definition) is 4. The second-order valence-electron chi connectivity index (χ2n) is 4.14. The van der Waals surface area contributed by atoms with Gasteiger partial charge in [0.25, 0.3) is 0 Å². The molecule has 1 amide bonds. The van der Waals surface area contributed by atoms with Crippen molar-refractivity contribution in [1.82, 2.24) is 5.32 Å². The minimum absolute atomic E-state index is 0.0186. The van der Waals surface area contributed by atoms with Gasteiger partial charge in [0.05, 0.1) is 25.3 Å². The third kappa shape index (κ3) is 5.02. The molecule has 0 aliphatic carbocycles. The van der Waals surface area contributed by atoms with Gasteiger partial charge in [0.2, 0.25) is 5.91 Å². The molecule has 112 valence electrons. The molecule has 0 fully saturated rings. The standard InChI is InChI=1S/C14H20BrNO4/c1-18-7-5-14(17)16-6-4-10-8-13(20-3)11(15)9-12(10)19-2/h8-9H,4-7H2,1-3H3,(H,16,17). The van der Waals surface area contributed by atoms with E-state index < -0.39 is 0 Å². The van der Waals surface area contributed by atoms with E-state index in [0.717, 1.165) is 21.5 Å². The second-order valence-corrected chi connectivity index (χ2v) is 5.00. The number of amides is 1. The van der Waals surface area contributed by atoms with Gasteiger partial charge >= 0.3 is 0 Å². The summed E-state index contributed by atoms with van der Waals surface area (Å²) in [7, 11) is 4.81. The first-order valence-electron chi connectivity index (χ1n) is 6.28. The quantitative estimate of drug-likeness (QED) is 0.784. The lowest BCUT2D eigenvalue weighted by molar-refractivity contribution is -0.121. The first-order chi connectivity index (χ1) is 9.62. The first kappa shape index (κ1) is 16.8. The molecular weight excluding hydrogens is 326 g/mol. The van der Waals surface area contributed by atoms with Crippen molar-refractivity contribution in [2.45, 2.75) is 12.8 Å². The summed E-state index contributed by atoms with van der Waals surface area (Å²) in [6.07, 6.45) is 1.04. The summed E-state index contributed by atoms with van der Waals surface area (Å²) in [5.41, 5.74) is 0.986. The van der Waals surface area contributed by atoms with Gasteiger partial charge in [-0.05, 0) is 40.0 Å². The Morgan fingerprint density at radius 2 is 1.90 bits per heavy atom. The van der Waals surface area contributed by atoms with E-state index in [9.17, 15) is 4.79 Å². The molecule has 0 aliphatic heterocycles. The number of methoxy groups -OCH3 is 3. The van der Waals surface area contributed by atoms with Crippen molar-refractivity contribution in [3.05, 3.63) is 22.2 Å². The molecule has 5 nitrogen and oxygen atoms in total. The highest BCUT2D eigenvalue weighted by atomic mass is 79.9. The van der Waals surface area contributed by atoms with E-state index in [1.54, 1.807) is 21.3 Å². The highest BCUT2D eigenvalue weighted by molar-refractivity contribution is 9.10. The number of ether oxygens (including phenoxy) is 3. The van der Waals surface area contributed by atoms with Gasteiger partial charge < -0.3 is 19.5 Å². The number of halogens is 1. The zero-order chi connectivity index (χ0) is 15.0. The maximum Gasteiger partial charge on any atom is 0.222 e. The van der Waals surface area contributed by atoms with E-state index in [1.165, 1.54) is 0 Å². The monoisotopic (exact) mass is 345 g/mol. The smallest absolute Gasteiger partial charge is 0.222 e. The summed E-state index contributed by atoms with van der Waals surface area (Å²) in [5, 5.41) is 2.84. The van der Waals surface area contributed by atoms with E-state index in [2.05, 4.69) is 21.2 Å². The number of carbonyl (C=O) groups excluding carboxylic acids is 1. The van der Waals surface area contributed by atoms with Crippen LogP contribution in [-0.2, 0) is 16.0 Å². The van der Waals surface area contributed by atoms with Crippen molar-refractivity contribution in [3.8, 4) is 11.5 Å². The van der Waals surface area contributed by atoms with Crippen molar-refractivity contribution < 1.29 is 19.0 Å².